The summed E-state index contributed by atoms with van der Waals surface area (Å²) in [5.74, 6) is 0.800. The zero-order chi connectivity index (χ0) is 16.1. The quantitative estimate of drug-likeness (QED) is 0.845. The fourth-order valence-electron chi connectivity index (χ4n) is 3.17. The number of nitrogens with one attached hydrogen (secondary N) is 1. The molecule has 3 N–H and O–H groups in total. The lowest BCUT2D eigenvalue weighted by Gasteiger charge is -2.31. The summed E-state index contributed by atoms with van der Waals surface area (Å²) in [7, 11) is 0. The van der Waals surface area contributed by atoms with Crippen molar-refractivity contribution in [2.45, 2.75) is 51.7 Å². The molecular formula is C17H27N3O2. The Balaban J connectivity index is 1.93. The van der Waals surface area contributed by atoms with E-state index in [9.17, 15) is 4.79 Å². The summed E-state index contributed by atoms with van der Waals surface area (Å²) in [4.78, 5) is 14.7. The van der Waals surface area contributed by atoms with Crippen molar-refractivity contribution in [2.75, 3.05) is 18.5 Å². The number of benzene rings is 1. The molecule has 1 aliphatic rings. The van der Waals surface area contributed by atoms with E-state index in [1.165, 1.54) is 0 Å². The Morgan fingerprint density at radius 2 is 1.91 bits per heavy atom. The molecule has 0 radical (unpaired) electrons. The molecule has 0 aliphatic carbocycles. The van der Waals surface area contributed by atoms with E-state index in [-0.39, 0.29) is 11.9 Å². The summed E-state index contributed by atoms with van der Waals surface area (Å²) < 4.78 is 5.43. The Morgan fingerprint density at radius 1 is 1.32 bits per heavy atom. The van der Waals surface area contributed by atoms with E-state index in [2.05, 4.69) is 24.1 Å². The number of ether oxygens (including phenoxy) is 1. The predicted molar refractivity (Wildman–Crippen MR) is 89.1 cm³/mol. The van der Waals surface area contributed by atoms with Crippen molar-refractivity contribution in [3.63, 3.8) is 0 Å². The molecule has 5 nitrogen and oxygen atoms in total. The number of nitrogens with two attached hydrogens (primary N) is 1. The van der Waals surface area contributed by atoms with Crippen molar-refractivity contribution in [2.24, 2.45) is 5.73 Å². The van der Waals surface area contributed by atoms with Crippen molar-refractivity contribution >= 4 is 11.6 Å². The molecule has 1 aromatic carbocycles. The molecule has 0 aromatic heterocycles. The third-order valence-corrected chi connectivity index (χ3v) is 4.36. The van der Waals surface area contributed by atoms with Gasteiger partial charge in [0.05, 0.1) is 6.04 Å². The van der Waals surface area contributed by atoms with E-state index < -0.39 is 0 Å². The smallest absolute Gasteiger partial charge is 0.241 e. The number of amides is 1. The summed E-state index contributed by atoms with van der Waals surface area (Å²) >= 11 is 0. The monoisotopic (exact) mass is 305 g/mol. The van der Waals surface area contributed by atoms with Crippen LogP contribution in [0, 0.1) is 0 Å². The Morgan fingerprint density at radius 3 is 2.45 bits per heavy atom. The highest BCUT2D eigenvalue weighted by Crippen LogP contribution is 2.26. The first-order valence-corrected chi connectivity index (χ1v) is 8.04. The second-order valence-corrected chi connectivity index (χ2v) is 6.05. The lowest BCUT2D eigenvalue weighted by molar-refractivity contribution is -0.121. The average Bonchev–Trinajstić information content (AvgIpc) is 2.85. The van der Waals surface area contributed by atoms with Crippen molar-refractivity contribution in [3.05, 3.63) is 24.3 Å². The second kappa shape index (κ2) is 7.61. The summed E-state index contributed by atoms with van der Waals surface area (Å²) in [6.45, 7) is 7.34. The van der Waals surface area contributed by atoms with Crippen LogP contribution in [0.1, 0.15) is 33.6 Å². The van der Waals surface area contributed by atoms with Crippen LogP contribution in [0.4, 0.5) is 5.69 Å². The molecule has 1 aromatic rings. The topological polar surface area (TPSA) is 67.6 Å². The SMILES string of the molecule is CC1CCC(C)N1C(C)C(=O)Nc1ccc(OCCN)cc1. The van der Waals surface area contributed by atoms with E-state index >= 15 is 0 Å². The number of likely N-dealkylation sites (tertiary alicyclic amines) is 1. The van der Waals surface area contributed by atoms with Gasteiger partial charge in [0, 0.05) is 24.3 Å². The summed E-state index contributed by atoms with van der Waals surface area (Å²) in [5, 5.41) is 2.98. The molecule has 0 saturated carbocycles. The largest absolute Gasteiger partial charge is 0.492 e. The van der Waals surface area contributed by atoms with Gasteiger partial charge in [0.25, 0.3) is 0 Å². The highest BCUT2D eigenvalue weighted by molar-refractivity contribution is 5.94. The molecule has 122 valence electrons. The number of carbonyl (C=O) groups excluding carboxylic acids is 1. The van der Waals surface area contributed by atoms with Gasteiger partial charge in [-0.15, -0.1) is 0 Å². The molecule has 0 spiro atoms. The van der Waals surface area contributed by atoms with Gasteiger partial charge in [-0.25, -0.2) is 0 Å². The van der Waals surface area contributed by atoms with Crippen LogP contribution in [-0.2, 0) is 4.79 Å². The highest BCUT2D eigenvalue weighted by Gasteiger charge is 2.34. The van der Waals surface area contributed by atoms with Crippen LogP contribution in [0.5, 0.6) is 5.75 Å². The number of rotatable bonds is 6. The number of hydrogen-bond acceptors (Lipinski definition) is 4. The molecule has 1 aliphatic heterocycles. The van der Waals surface area contributed by atoms with Crippen molar-refractivity contribution in [3.8, 4) is 5.75 Å². The molecule has 3 atom stereocenters. The molecule has 2 rings (SSSR count). The van der Waals surface area contributed by atoms with Crippen LogP contribution in [0.3, 0.4) is 0 Å². The van der Waals surface area contributed by atoms with Crippen molar-refractivity contribution < 1.29 is 9.53 Å². The van der Waals surface area contributed by atoms with E-state index in [0.717, 1.165) is 24.3 Å². The molecule has 22 heavy (non-hydrogen) atoms. The van der Waals surface area contributed by atoms with E-state index in [1.54, 1.807) is 0 Å². The Labute approximate surface area is 132 Å². The summed E-state index contributed by atoms with van der Waals surface area (Å²) in [6.07, 6.45) is 2.32. The number of hydrogen-bond donors (Lipinski definition) is 2. The van der Waals surface area contributed by atoms with Crippen LogP contribution < -0.4 is 15.8 Å². The molecule has 0 bridgehead atoms. The molecule has 1 heterocycles. The minimum atomic E-state index is -0.124. The zero-order valence-electron chi connectivity index (χ0n) is 13.7. The van der Waals surface area contributed by atoms with Crippen molar-refractivity contribution in [1.29, 1.82) is 0 Å². The van der Waals surface area contributed by atoms with Gasteiger partial charge in [-0.05, 0) is 57.9 Å². The summed E-state index contributed by atoms with van der Waals surface area (Å²) in [5.41, 5.74) is 6.19. The first kappa shape index (κ1) is 16.8. The second-order valence-electron chi connectivity index (χ2n) is 6.05. The number of carbonyl (C=O) groups is 1. The van der Waals surface area contributed by atoms with Crippen LogP contribution >= 0.6 is 0 Å². The molecule has 1 amide bonds. The first-order chi connectivity index (χ1) is 10.5. The van der Waals surface area contributed by atoms with Gasteiger partial charge in [-0.3, -0.25) is 9.69 Å². The van der Waals surface area contributed by atoms with E-state index in [4.69, 9.17) is 10.5 Å². The van der Waals surface area contributed by atoms with E-state index in [1.807, 2.05) is 31.2 Å². The average molecular weight is 305 g/mol. The maximum Gasteiger partial charge on any atom is 0.241 e. The van der Waals surface area contributed by atoms with E-state index in [0.29, 0.717) is 25.2 Å². The normalized spacial score (nSPS) is 23.3. The van der Waals surface area contributed by atoms with Crippen LogP contribution in [0.25, 0.3) is 0 Å². The van der Waals surface area contributed by atoms with Gasteiger partial charge < -0.3 is 15.8 Å². The van der Waals surface area contributed by atoms with Gasteiger partial charge in [0.2, 0.25) is 5.91 Å². The zero-order valence-corrected chi connectivity index (χ0v) is 13.7. The maximum atomic E-state index is 12.4. The van der Waals surface area contributed by atoms with Crippen LogP contribution in [0.15, 0.2) is 24.3 Å². The maximum absolute atomic E-state index is 12.4. The standard InChI is InChI=1S/C17H27N3O2/c1-12-4-5-13(2)20(12)14(3)17(21)19-15-6-8-16(9-7-15)22-11-10-18/h6-9,12-14H,4-5,10-11,18H2,1-3H3,(H,19,21). The van der Waals surface area contributed by atoms with Gasteiger partial charge in [-0.1, -0.05) is 0 Å². The third-order valence-electron chi connectivity index (χ3n) is 4.36. The fourth-order valence-corrected chi connectivity index (χ4v) is 3.17. The van der Waals surface area contributed by atoms with Gasteiger partial charge in [0.1, 0.15) is 12.4 Å². The molecule has 1 fully saturated rings. The first-order valence-electron chi connectivity index (χ1n) is 8.04. The van der Waals surface area contributed by atoms with Crippen molar-refractivity contribution in [1.82, 2.24) is 4.90 Å². The number of anilines is 1. The minimum absolute atomic E-state index is 0.0382. The fraction of sp³-hybridized carbons (Fsp3) is 0.588. The molecule has 5 heteroatoms. The van der Waals surface area contributed by atoms with Gasteiger partial charge in [0.15, 0.2) is 0 Å². The Bertz CT molecular complexity index is 479. The third kappa shape index (κ3) is 3.99. The lowest BCUT2D eigenvalue weighted by Crippen LogP contribution is -2.46. The highest BCUT2D eigenvalue weighted by atomic mass is 16.5. The number of nitrogens with zero attached hydrogens (tertiary/aromatic N) is 1. The predicted octanol–water partition coefficient (Wildman–Crippen LogP) is 2.22. The van der Waals surface area contributed by atoms with Crippen LogP contribution in [0.2, 0.25) is 0 Å². The Kier molecular flexibility index (Phi) is 5.80. The minimum Gasteiger partial charge on any atom is -0.492 e. The lowest BCUT2D eigenvalue weighted by atomic mass is 10.2. The summed E-state index contributed by atoms with van der Waals surface area (Å²) in [6, 6.07) is 8.19. The van der Waals surface area contributed by atoms with Gasteiger partial charge >= 0.3 is 0 Å². The molecular weight excluding hydrogens is 278 g/mol. The van der Waals surface area contributed by atoms with Crippen LogP contribution in [-0.4, -0.2) is 42.1 Å². The van der Waals surface area contributed by atoms with Gasteiger partial charge in [-0.2, -0.15) is 0 Å². The Hall–Kier alpha value is -1.59. The molecule has 3 unspecified atom stereocenters. The molecule has 1 saturated heterocycles.